The molecule has 2 atom stereocenters. The van der Waals surface area contributed by atoms with Gasteiger partial charge in [0.05, 0.1) is 22.8 Å². The fourth-order valence-corrected chi connectivity index (χ4v) is 4.94. The first-order valence-electron chi connectivity index (χ1n) is 9.64. The lowest BCUT2D eigenvalue weighted by atomic mass is 9.99. The van der Waals surface area contributed by atoms with Crippen molar-refractivity contribution in [1.82, 2.24) is 14.3 Å². The summed E-state index contributed by atoms with van der Waals surface area (Å²) in [5.74, 6) is 1.26. The molecule has 0 bridgehead atoms. The Morgan fingerprint density at radius 3 is 2.83 bits per heavy atom. The molecule has 0 radical (unpaired) electrons. The van der Waals surface area contributed by atoms with E-state index in [1.807, 2.05) is 28.9 Å². The number of hydrogen-bond acceptors (Lipinski definition) is 3. The molecular weight excluding hydrogens is 425 g/mol. The van der Waals surface area contributed by atoms with Gasteiger partial charge >= 0.3 is 6.09 Å². The van der Waals surface area contributed by atoms with Crippen molar-refractivity contribution in [2.24, 2.45) is 11.8 Å². The number of benzene rings is 1. The van der Waals surface area contributed by atoms with Gasteiger partial charge in [-0.05, 0) is 47.7 Å². The Labute approximate surface area is 183 Å². The van der Waals surface area contributed by atoms with Gasteiger partial charge in [0.15, 0.2) is 0 Å². The van der Waals surface area contributed by atoms with E-state index in [1.54, 1.807) is 19.2 Å². The highest BCUT2D eigenvalue weighted by atomic mass is 35.5. The van der Waals surface area contributed by atoms with Gasteiger partial charge in [-0.25, -0.2) is 9.78 Å². The van der Waals surface area contributed by atoms with Crippen molar-refractivity contribution in [1.29, 1.82) is 0 Å². The fourth-order valence-electron chi connectivity index (χ4n) is 4.52. The minimum Gasteiger partial charge on any atom is -0.496 e. The molecule has 1 saturated heterocycles. The zero-order valence-electron chi connectivity index (χ0n) is 16.2. The zero-order chi connectivity index (χ0) is 21.0. The predicted molar refractivity (Wildman–Crippen MR) is 116 cm³/mol. The lowest BCUT2D eigenvalue weighted by Crippen LogP contribution is -2.27. The van der Waals surface area contributed by atoms with Crippen molar-refractivity contribution < 1.29 is 14.6 Å². The number of carbonyl (C=O) groups is 1. The number of ether oxygens (including phenoxy) is 1. The van der Waals surface area contributed by atoms with Crippen LogP contribution in [0.1, 0.15) is 12.1 Å². The summed E-state index contributed by atoms with van der Waals surface area (Å²) in [4.78, 5) is 17.5. The van der Waals surface area contributed by atoms with Crippen LogP contribution < -0.4 is 4.74 Å². The second kappa shape index (κ2) is 7.22. The maximum atomic E-state index is 11.2. The Hall–Kier alpha value is -2.70. The SMILES string of the molecule is COc1ccc(Cl)c(Cl)c1-c1ccn2cc(C3=CC4CN(C(=O)O)CC4C3)nc2c1. The van der Waals surface area contributed by atoms with Gasteiger partial charge in [-0.1, -0.05) is 29.3 Å². The van der Waals surface area contributed by atoms with E-state index in [0.717, 1.165) is 28.9 Å². The Morgan fingerprint density at radius 1 is 1.27 bits per heavy atom. The van der Waals surface area contributed by atoms with E-state index in [1.165, 1.54) is 10.5 Å². The monoisotopic (exact) mass is 443 g/mol. The molecule has 1 aromatic carbocycles. The summed E-state index contributed by atoms with van der Waals surface area (Å²) in [7, 11) is 1.60. The van der Waals surface area contributed by atoms with Crippen molar-refractivity contribution in [2.75, 3.05) is 20.2 Å². The highest BCUT2D eigenvalue weighted by Crippen LogP contribution is 2.42. The number of halogens is 2. The quantitative estimate of drug-likeness (QED) is 0.593. The van der Waals surface area contributed by atoms with Crippen LogP contribution in [0.2, 0.25) is 10.0 Å². The van der Waals surface area contributed by atoms with Gasteiger partial charge in [0.1, 0.15) is 11.4 Å². The topological polar surface area (TPSA) is 67.1 Å². The number of hydrogen-bond donors (Lipinski definition) is 1. The van der Waals surface area contributed by atoms with Crippen molar-refractivity contribution >= 4 is 40.5 Å². The highest BCUT2D eigenvalue weighted by Gasteiger charge is 2.38. The van der Waals surface area contributed by atoms with Crippen LogP contribution in [-0.2, 0) is 0 Å². The molecule has 1 aliphatic heterocycles. The van der Waals surface area contributed by atoms with E-state index in [2.05, 4.69) is 6.08 Å². The van der Waals surface area contributed by atoms with Crippen molar-refractivity contribution in [2.45, 2.75) is 6.42 Å². The number of rotatable bonds is 3. The number of aromatic nitrogens is 2. The molecule has 5 rings (SSSR count). The molecule has 1 amide bonds. The van der Waals surface area contributed by atoms with Crippen molar-refractivity contribution in [3.63, 3.8) is 0 Å². The standard InChI is InChI=1S/C22H19Cl2N3O3/c1-30-18-3-2-16(23)21(24)20(18)12-4-5-26-11-17(25-19(26)8-12)13-6-14-9-27(22(28)29)10-15(14)7-13/h2-6,8,11,14-15H,7,9-10H2,1H3,(H,28,29). The van der Waals surface area contributed by atoms with Gasteiger partial charge in [0, 0.05) is 37.0 Å². The molecule has 3 aromatic rings. The van der Waals surface area contributed by atoms with Crippen molar-refractivity contribution in [3.8, 4) is 16.9 Å². The van der Waals surface area contributed by atoms with Gasteiger partial charge in [0.25, 0.3) is 0 Å². The molecule has 154 valence electrons. The molecular formula is C22H19Cl2N3O3. The maximum absolute atomic E-state index is 11.2. The number of imidazole rings is 1. The van der Waals surface area contributed by atoms with E-state index in [4.69, 9.17) is 32.9 Å². The number of pyridine rings is 1. The van der Waals surface area contributed by atoms with Crippen LogP contribution in [-0.4, -0.2) is 45.7 Å². The summed E-state index contributed by atoms with van der Waals surface area (Å²) in [6.45, 7) is 1.15. The first-order chi connectivity index (χ1) is 14.4. The number of nitrogens with zero attached hydrogens (tertiary/aromatic N) is 3. The van der Waals surface area contributed by atoms with Crippen LogP contribution in [0.4, 0.5) is 4.79 Å². The molecule has 1 N–H and O–H groups in total. The molecule has 2 aromatic heterocycles. The van der Waals surface area contributed by atoms with Gasteiger partial charge < -0.3 is 19.1 Å². The normalized spacial score (nSPS) is 20.5. The average molecular weight is 444 g/mol. The Balaban J connectivity index is 1.49. The molecule has 1 fully saturated rings. The first-order valence-corrected chi connectivity index (χ1v) is 10.4. The summed E-state index contributed by atoms with van der Waals surface area (Å²) in [6.07, 6.45) is 6.15. The van der Waals surface area contributed by atoms with Gasteiger partial charge in [-0.3, -0.25) is 0 Å². The number of carboxylic acid groups (broad SMARTS) is 1. The Bertz CT molecular complexity index is 1200. The number of amides is 1. The number of methoxy groups -OCH3 is 1. The summed E-state index contributed by atoms with van der Waals surface area (Å²) >= 11 is 12.7. The molecule has 30 heavy (non-hydrogen) atoms. The fraction of sp³-hybridized carbons (Fsp3) is 0.273. The van der Waals surface area contributed by atoms with Crippen LogP contribution in [0.5, 0.6) is 5.75 Å². The molecule has 2 unspecified atom stereocenters. The highest BCUT2D eigenvalue weighted by molar-refractivity contribution is 6.44. The second-order valence-electron chi connectivity index (χ2n) is 7.75. The largest absolute Gasteiger partial charge is 0.496 e. The third-order valence-electron chi connectivity index (χ3n) is 6.01. The number of fused-ring (bicyclic) bond motifs is 2. The smallest absolute Gasteiger partial charge is 0.407 e. The zero-order valence-corrected chi connectivity index (χ0v) is 17.7. The molecule has 0 spiro atoms. The Morgan fingerprint density at radius 2 is 2.10 bits per heavy atom. The van der Waals surface area contributed by atoms with E-state index < -0.39 is 6.09 Å². The summed E-state index contributed by atoms with van der Waals surface area (Å²) < 4.78 is 7.45. The van der Waals surface area contributed by atoms with Crippen molar-refractivity contribution in [3.05, 3.63) is 58.5 Å². The third-order valence-corrected chi connectivity index (χ3v) is 6.82. The van der Waals surface area contributed by atoms with Gasteiger partial charge in [-0.2, -0.15) is 0 Å². The van der Waals surface area contributed by atoms with Gasteiger partial charge in [-0.15, -0.1) is 0 Å². The lowest BCUT2D eigenvalue weighted by molar-refractivity contribution is 0.153. The molecule has 6 nitrogen and oxygen atoms in total. The van der Waals surface area contributed by atoms with Crippen LogP contribution in [0, 0.1) is 11.8 Å². The van der Waals surface area contributed by atoms with E-state index in [-0.39, 0.29) is 5.92 Å². The lowest BCUT2D eigenvalue weighted by Gasteiger charge is -2.12. The molecule has 0 saturated carbocycles. The van der Waals surface area contributed by atoms with Gasteiger partial charge in [0.2, 0.25) is 0 Å². The minimum atomic E-state index is -0.838. The summed E-state index contributed by atoms with van der Waals surface area (Å²) in [5, 5.41) is 10.1. The number of allylic oxidation sites excluding steroid dienone is 1. The summed E-state index contributed by atoms with van der Waals surface area (Å²) in [5.41, 5.74) is 4.51. The molecule has 8 heteroatoms. The van der Waals surface area contributed by atoms with Crippen LogP contribution in [0.3, 0.4) is 0 Å². The van der Waals surface area contributed by atoms with Crippen LogP contribution in [0.25, 0.3) is 22.3 Å². The summed E-state index contributed by atoms with van der Waals surface area (Å²) in [6, 6.07) is 7.44. The third kappa shape index (κ3) is 3.11. The number of likely N-dealkylation sites (tertiary alicyclic amines) is 1. The van der Waals surface area contributed by atoms with E-state index in [9.17, 15) is 9.90 Å². The second-order valence-corrected chi connectivity index (χ2v) is 8.54. The van der Waals surface area contributed by atoms with E-state index >= 15 is 0 Å². The minimum absolute atomic E-state index is 0.269. The average Bonchev–Trinajstić information content (AvgIpc) is 3.41. The van der Waals surface area contributed by atoms with Crippen LogP contribution >= 0.6 is 23.2 Å². The maximum Gasteiger partial charge on any atom is 0.407 e. The van der Waals surface area contributed by atoms with Crippen LogP contribution in [0.15, 0.2) is 42.7 Å². The molecule has 1 aliphatic carbocycles. The molecule has 3 heterocycles. The predicted octanol–water partition coefficient (Wildman–Crippen LogP) is 5.33. The van der Waals surface area contributed by atoms with E-state index in [0.29, 0.717) is 34.8 Å². The molecule has 2 aliphatic rings. The Kier molecular flexibility index (Phi) is 4.64. The first kappa shape index (κ1) is 19.3.